The van der Waals surface area contributed by atoms with Crippen molar-refractivity contribution >= 4 is 5.91 Å². The number of fused-ring (bicyclic) bond motifs is 1. The van der Waals surface area contributed by atoms with Crippen molar-refractivity contribution in [3.05, 3.63) is 0 Å². The Morgan fingerprint density at radius 3 is 2.76 bits per heavy atom. The lowest BCUT2D eigenvalue weighted by Gasteiger charge is -2.48. The van der Waals surface area contributed by atoms with Gasteiger partial charge in [0.25, 0.3) is 0 Å². The number of ether oxygens (including phenoxy) is 2. The number of rotatable bonds is 5. The largest absolute Gasteiger partial charge is 0.348 e. The van der Waals surface area contributed by atoms with E-state index in [0.29, 0.717) is 44.4 Å². The molecule has 0 bridgehead atoms. The molecule has 0 aromatic rings. The predicted molar refractivity (Wildman–Crippen MR) is 91.6 cm³/mol. The summed E-state index contributed by atoms with van der Waals surface area (Å²) in [5, 5.41) is 8.29. The van der Waals surface area contributed by atoms with Crippen LogP contribution < -0.4 is 0 Å². The fourth-order valence-corrected chi connectivity index (χ4v) is 4.82. The van der Waals surface area contributed by atoms with Gasteiger partial charge in [0.05, 0.1) is 13.2 Å². The standard InChI is InChI=1S/C19H27N3O3/c1-2-3-8-18(20-21-18)9-7-17(23)22-11-4-5-15-14-19(10-6-16(15)22)24-12-13-25-19/h1,15-16H,3-14H2/t15-,16+/m1/s1. The zero-order valence-electron chi connectivity index (χ0n) is 14.8. The number of nitrogens with zero attached hydrogens (tertiary/aromatic N) is 3. The van der Waals surface area contributed by atoms with Crippen molar-refractivity contribution < 1.29 is 14.3 Å². The topological polar surface area (TPSA) is 63.5 Å². The van der Waals surface area contributed by atoms with Gasteiger partial charge in [0.2, 0.25) is 5.91 Å². The van der Waals surface area contributed by atoms with Crippen LogP contribution in [0.2, 0.25) is 0 Å². The Labute approximate surface area is 149 Å². The van der Waals surface area contributed by atoms with Gasteiger partial charge in [0.15, 0.2) is 11.4 Å². The number of hydrogen-bond donors (Lipinski definition) is 0. The van der Waals surface area contributed by atoms with E-state index < -0.39 is 0 Å². The molecule has 0 unspecified atom stereocenters. The monoisotopic (exact) mass is 345 g/mol. The summed E-state index contributed by atoms with van der Waals surface area (Å²) in [6, 6.07) is 0.342. The molecule has 3 aliphatic heterocycles. The van der Waals surface area contributed by atoms with E-state index in [4.69, 9.17) is 15.9 Å². The minimum atomic E-state index is -0.363. The Morgan fingerprint density at radius 1 is 1.24 bits per heavy atom. The maximum atomic E-state index is 12.9. The van der Waals surface area contributed by atoms with Crippen molar-refractivity contribution in [2.75, 3.05) is 19.8 Å². The maximum absolute atomic E-state index is 12.9. The van der Waals surface area contributed by atoms with Crippen molar-refractivity contribution in [1.29, 1.82) is 0 Å². The van der Waals surface area contributed by atoms with Gasteiger partial charge < -0.3 is 14.4 Å². The number of carbonyl (C=O) groups is 1. The zero-order valence-corrected chi connectivity index (χ0v) is 14.8. The molecule has 6 heteroatoms. The summed E-state index contributed by atoms with van der Waals surface area (Å²) in [5.41, 5.74) is -0.362. The molecule has 2 atom stereocenters. The molecule has 1 saturated carbocycles. The van der Waals surface area contributed by atoms with Crippen LogP contribution in [0.1, 0.15) is 57.8 Å². The molecule has 0 aromatic heterocycles. The second-order valence-electron chi connectivity index (χ2n) is 7.79. The highest BCUT2D eigenvalue weighted by Gasteiger charge is 2.48. The van der Waals surface area contributed by atoms with Crippen molar-refractivity contribution in [1.82, 2.24) is 4.90 Å². The third-order valence-corrected chi connectivity index (χ3v) is 6.24. The van der Waals surface area contributed by atoms with E-state index in [9.17, 15) is 4.79 Å². The minimum absolute atomic E-state index is 0.247. The van der Waals surface area contributed by atoms with E-state index in [-0.39, 0.29) is 17.4 Å². The van der Waals surface area contributed by atoms with Gasteiger partial charge in [-0.1, -0.05) is 0 Å². The Kier molecular flexibility index (Phi) is 4.55. The minimum Gasteiger partial charge on any atom is -0.348 e. The van der Waals surface area contributed by atoms with E-state index in [2.05, 4.69) is 21.0 Å². The second-order valence-corrected chi connectivity index (χ2v) is 7.79. The van der Waals surface area contributed by atoms with Crippen LogP contribution in [0.3, 0.4) is 0 Å². The summed E-state index contributed by atoms with van der Waals surface area (Å²) in [4.78, 5) is 15.0. The molecular weight excluding hydrogens is 318 g/mol. The predicted octanol–water partition coefficient (Wildman–Crippen LogP) is 2.88. The van der Waals surface area contributed by atoms with Gasteiger partial charge in [-0.15, -0.1) is 12.3 Å². The van der Waals surface area contributed by atoms with E-state index in [1.807, 2.05) is 0 Å². The first-order valence-electron chi connectivity index (χ1n) is 9.60. The highest BCUT2D eigenvalue weighted by Crippen LogP contribution is 2.44. The summed E-state index contributed by atoms with van der Waals surface area (Å²) in [7, 11) is 0. The molecule has 0 aromatic carbocycles. The summed E-state index contributed by atoms with van der Waals surface area (Å²) < 4.78 is 11.8. The molecule has 2 saturated heterocycles. The van der Waals surface area contributed by atoms with E-state index in [0.717, 1.165) is 38.6 Å². The smallest absolute Gasteiger partial charge is 0.222 e. The van der Waals surface area contributed by atoms with Crippen molar-refractivity contribution in [2.24, 2.45) is 16.1 Å². The summed E-state index contributed by atoms with van der Waals surface area (Å²) in [5.74, 6) is 3.02. The molecule has 1 aliphatic carbocycles. The number of piperidine rings is 1. The molecule has 4 aliphatic rings. The number of hydrogen-bond acceptors (Lipinski definition) is 5. The Balaban J connectivity index is 1.33. The number of amides is 1. The molecule has 0 N–H and O–H groups in total. The molecule has 0 radical (unpaired) electrons. The first-order valence-corrected chi connectivity index (χ1v) is 9.60. The highest BCUT2D eigenvalue weighted by atomic mass is 16.7. The first-order chi connectivity index (χ1) is 12.2. The third kappa shape index (κ3) is 3.45. The van der Waals surface area contributed by atoms with Crippen LogP contribution in [0, 0.1) is 18.3 Å². The highest BCUT2D eigenvalue weighted by molar-refractivity contribution is 5.76. The van der Waals surface area contributed by atoms with E-state index in [1.165, 1.54) is 6.42 Å². The molecule has 3 fully saturated rings. The summed E-state index contributed by atoms with van der Waals surface area (Å²) in [6.07, 6.45) is 13.0. The van der Waals surface area contributed by atoms with E-state index >= 15 is 0 Å². The normalized spacial score (nSPS) is 31.6. The SMILES string of the molecule is C#CCCC1(CCC(=O)N2CCC[C@@H]3CC4(CC[C@@H]32)OCCO4)N=N1. The second kappa shape index (κ2) is 6.69. The van der Waals surface area contributed by atoms with Gasteiger partial charge in [0, 0.05) is 51.1 Å². The van der Waals surface area contributed by atoms with Crippen LogP contribution in [-0.2, 0) is 14.3 Å². The van der Waals surface area contributed by atoms with Gasteiger partial charge >= 0.3 is 0 Å². The molecule has 1 spiro atoms. The molecule has 1 amide bonds. The Hall–Kier alpha value is -1.45. The van der Waals surface area contributed by atoms with Crippen molar-refractivity contribution in [2.45, 2.75) is 75.3 Å². The van der Waals surface area contributed by atoms with Gasteiger partial charge in [0.1, 0.15) is 0 Å². The van der Waals surface area contributed by atoms with Gasteiger partial charge in [-0.25, -0.2) is 0 Å². The van der Waals surface area contributed by atoms with Crippen molar-refractivity contribution in [3.8, 4) is 12.3 Å². The summed E-state index contributed by atoms with van der Waals surface area (Å²) in [6.45, 7) is 2.28. The fourth-order valence-electron chi connectivity index (χ4n) is 4.82. The van der Waals surface area contributed by atoms with Crippen LogP contribution in [0.5, 0.6) is 0 Å². The molecule has 4 rings (SSSR count). The molecule has 6 nitrogen and oxygen atoms in total. The molecular formula is C19H27N3O3. The summed E-state index contributed by atoms with van der Waals surface area (Å²) >= 11 is 0. The maximum Gasteiger partial charge on any atom is 0.222 e. The van der Waals surface area contributed by atoms with Crippen LogP contribution in [-0.4, -0.2) is 48.1 Å². The quantitative estimate of drug-likeness (QED) is 0.720. The lowest BCUT2D eigenvalue weighted by atomic mass is 9.75. The first kappa shape index (κ1) is 17.0. The van der Waals surface area contributed by atoms with Crippen LogP contribution in [0.25, 0.3) is 0 Å². The van der Waals surface area contributed by atoms with E-state index in [1.54, 1.807) is 0 Å². The lowest BCUT2D eigenvalue weighted by Crippen LogP contribution is -2.54. The Bertz CT molecular complexity index is 585. The number of terminal acetylenes is 1. The van der Waals surface area contributed by atoms with Crippen LogP contribution in [0.15, 0.2) is 10.2 Å². The number of likely N-dealkylation sites (tertiary alicyclic amines) is 1. The van der Waals surface area contributed by atoms with Crippen LogP contribution in [0.4, 0.5) is 0 Å². The molecule has 25 heavy (non-hydrogen) atoms. The average molecular weight is 345 g/mol. The van der Waals surface area contributed by atoms with Gasteiger partial charge in [-0.2, -0.15) is 10.2 Å². The third-order valence-electron chi connectivity index (χ3n) is 6.24. The average Bonchev–Trinajstić information content (AvgIpc) is 3.28. The number of carbonyl (C=O) groups excluding carboxylic acids is 1. The van der Waals surface area contributed by atoms with Gasteiger partial charge in [-0.05, 0) is 25.2 Å². The zero-order chi connectivity index (χ0) is 17.3. The van der Waals surface area contributed by atoms with Crippen LogP contribution >= 0.6 is 0 Å². The lowest BCUT2D eigenvalue weighted by molar-refractivity contribution is -0.202. The molecule has 3 heterocycles. The van der Waals surface area contributed by atoms with Crippen molar-refractivity contribution in [3.63, 3.8) is 0 Å². The Morgan fingerprint density at radius 2 is 2.04 bits per heavy atom. The van der Waals surface area contributed by atoms with Gasteiger partial charge in [-0.3, -0.25) is 4.79 Å². The molecule has 136 valence electrons. The fraction of sp³-hybridized carbons (Fsp3) is 0.842.